The standard InChI is InChI=1S/C19H27N/c1-5-19(4,18(2,3)20)17-15-13-11-9-7-6-8-10-12-14-16-17/h6-16H,5,20H2,1-4H3/b7-6-,8-6?,9-7?,10-8-,11-9-,12-10?,13-11?,14-12-,15-13?,16-14?,17-15?,17-16?. The molecule has 0 heterocycles. The van der Waals surface area contributed by atoms with Gasteiger partial charge in [-0.05, 0) is 25.8 Å². The second-order valence-electron chi connectivity index (χ2n) is 5.93. The topological polar surface area (TPSA) is 26.0 Å². The van der Waals surface area contributed by atoms with Crippen molar-refractivity contribution in [1.82, 2.24) is 0 Å². The first kappa shape index (κ1) is 16.5. The third-order valence-corrected chi connectivity index (χ3v) is 4.21. The summed E-state index contributed by atoms with van der Waals surface area (Å²) in [5, 5.41) is 0. The number of hydrogen-bond donors (Lipinski definition) is 1. The van der Waals surface area contributed by atoms with Crippen molar-refractivity contribution in [2.75, 3.05) is 0 Å². The van der Waals surface area contributed by atoms with Gasteiger partial charge < -0.3 is 5.73 Å². The second-order valence-corrected chi connectivity index (χ2v) is 5.93. The van der Waals surface area contributed by atoms with Gasteiger partial charge in [-0.1, -0.05) is 80.7 Å². The van der Waals surface area contributed by atoms with Crippen LogP contribution in [0.4, 0.5) is 0 Å². The van der Waals surface area contributed by atoms with Crippen LogP contribution in [0.1, 0.15) is 34.1 Å². The predicted octanol–water partition coefficient (Wildman–Crippen LogP) is 4.86. The summed E-state index contributed by atoms with van der Waals surface area (Å²) in [7, 11) is 0. The van der Waals surface area contributed by atoms with Crippen LogP contribution in [-0.2, 0) is 0 Å². The number of allylic oxidation sites excluding steroid dienone is 11. The molecule has 0 bridgehead atoms. The molecule has 0 spiro atoms. The van der Waals surface area contributed by atoms with Gasteiger partial charge in [0, 0.05) is 11.0 Å². The number of rotatable bonds is 3. The van der Waals surface area contributed by atoms with E-state index in [0.29, 0.717) is 0 Å². The van der Waals surface area contributed by atoms with Crippen LogP contribution in [0.25, 0.3) is 0 Å². The van der Waals surface area contributed by atoms with E-state index in [1.807, 2.05) is 42.5 Å². The molecule has 108 valence electrons. The Morgan fingerprint density at radius 3 is 1.70 bits per heavy atom. The molecular formula is C19H27N. The maximum atomic E-state index is 6.43. The minimum Gasteiger partial charge on any atom is -0.325 e. The van der Waals surface area contributed by atoms with Gasteiger partial charge in [-0.25, -0.2) is 0 Å². The van der Waals surface area contributed by atoms with Gasteiger partial charge in [-0.3, -0.25) is 0 Å². The van der Waals surface area contributed by atoms with Crippen molar-refractivity contribution in [2.45, 2.75) is 39.7 Å². The smallest absolute Gasteiger partial charge is 0.0192 e. The lowest BCUT2D eigenvalue weighted by Gasteiger charge is -2.42. The quantitative estimate of drug-likeness (QED) is 0.778. The van der Waals surface area contributed by atoms with Gasteiger partial charge >= 0.3 is 0 Å². The van der Waals surface area contributed by atoms with E-state index in [1.54, 1.807) is 0 Å². The van der Waals surface area contributed by atoms with Crippen molar-refractivity contribution in [3.8, 4) is 0 Å². The molecule has 1 heteroatoms. The Bertz CT molecular complexity index is 478. The van der Waals surface area contributed by atoms with E-state index in [1.165, 1.54) is 5.57 Å². The highest BCUT2D eigenvalue weighted by Crippen LogP contribution is 2.40. The van der Waals surface area contributed by atoms with Crippen LogP contribution < -0.4 is 5.73 Å². The van der Waals surface area contributed by atoms with Gasteiger partial charge in [-0.15, -0.1) is 0 Å². The molecule has 1 rings (SSSR count). The van der Waals surface area contributed by atoms with E-state index >= 15 is 0 Å². The highest BCUT2D eigenvalue weighted by molar-refractivity contribution is 5.36. The molecule has 0 aromatic carbocycles. The molecule has 0 aromatic heterocycles. The summed E-state index contributed by atoms with van der Waals surface area (Å²) in [6, 6.07) is 0. The lowest BCUT2D eigenvalue weighted by Crippen LogP contribution is -2.49. The van der Waals surface area contributed by atoms with Crippen molar-refractivity contribution in [3.63, 3.8) is 0 Å². The monoisotopic (exact) mass is 269 g/mol. The Hall–Kier alpha value is -1.60. The van der Waals surface area contributed by atoms with Crippen molar-refractivity contribution in [3.05, 3.63) is 72.4 Å². The van der Waals surface area contributed by atoms with Crippen LogP contribution in [-0.4, -0.2) is 5.54 Å². The van der Waals surface area contributed by atoms with Crippen LogP contribution in [0.5, 0.6) is 0 Å². The molecule has 1 atom stereocenters. The molecule has 1 aliphatic rings. The number of hydrogen-bond acceptors (Lipinski definition) is 1. The molecule has 1 unspecified atom stereocenters. The van der Waals surface area contributed by atoms with Gasteiger partial charge in [0.2, 0.25) is 0 Å². The fraction of sp³-hybridized carbons (Fsp3) is 0.368. The summed E-state index contributed by atoms with van der Waals surface area (Å²) in [6.07, 6.45) is 23.7. The SMILES string of the molecule is CCC(C)(C1=C\C=C/C=C\C=C/C=C\C=C1)C(C)(C)N. The minimum absolute atomic E-state index is 0.0641. The average Bonchev–Trinajstić information content (AvgIpc) is 2.37. The zero-order chi connectivity index (χ0) is 15.1. The van der Waals surface area contributed by atoms with Crippen molar-refractivity contribution >= 4 is 0 Å². The van der Waals surface area contributed by atoms with Gasteiger partial charge in [-0.2, -0.15) is 0 Å². The molecule has 0 radical (unpaired) electrons. The lowest BCUT2D eigenvalue weighted by molar-refractivity contribution is 0.223. The Morgan fingerprint density at radius 2 is 1.25 bits per heavy atom. The highest BCUT2D eigenvalue weighted by Gasteiger charge is 2.38. The molecular weight excluding hydrogens is 242 g/mol. The highest BCUT2D eigenvalue weighted by atomic mass is 14.8. The largest absolute Gasteiger partial charge is 0.325 e. The van der Waals surface area contributed by atoms with Gasteiger partial charge in [0.05, 0.1) is 0 Å². The molecule has 0 amide bonds. The molecule has 2 N–H and O–H groups in total. The molecule has 1 aliphatic carbocycles. The fourth-order valence-electron chi connectivity index (χ4n) is 2.22. The van der Waals surface area contributed by atoms with Crippen LogP contribution >= 0.6 is 0 Å². The van der Waals surface area contributed by atoms with Crippen LogP contribution in [0.2, 0.25) is 0 Å². The first-order chi connectivity index (χ1) is 9.42. The van der Waals surface area contributed by atoms with Crippen molar-refractivity contribution in [1.29, 1.82) is 0 Å². The fourth-order valence-corrected chi connectivity index (χ4v) is 2.22. The zero-order valence-electron chi connectivity index (χ0n) is 13.1. The van der Waals surface area contributed by atoms with Crippen LogP contribution in [0, 0.1) is 5.41 Å². The third kappa shape index (κ3) is 4.21. The molecule has 0 aliphatic heterocycles. The normalized spacial score (nSPS) is 25.6. The minimum atomic E-state index is -0.276. The molecule has 0 fully saturated rings. The van der Waals surface area contributed by atoms with E-state index in [-0.39, 0.29) is 11.0 Å². The first-order valence-electron chi connectivity index (χ1n) is 7.26. The van der Waals surface area contributed by atoms with E-state index in [0.717, 1.165) is 6.42 Å². The van der Waals surface area contributed by atoms with Gasteiger partial charge in [0.1, 0.15) is 0 Å². The Morgan fingerprint density at radius 1 is 0.800 bits per heavy atom. The summed E-state index contributed by atoms with van der Waals surface area (Å²) in [5.74, 6) is 0. The van der Waals surface area contributed by atoms with Gasteiger partial charge in [0.15, 0.2) is 0 Å². The average molecular weight is 269 g/mol. The van der Waals surface area contributed by atoms with Gasteiger partial charge in [0.25, 0.3) is 0 Å². The lowest BCUT2D eigenvalue weighted by atomic mass is 9.66. The maximum absolute atomic E-state index is 6.43. The van der Waals surface area contributed by atoms with Crippen LogP contribution in [0.3, 0.4) is 0 Å². The summed E-state index contributed by atoms with van der Waals surface area (Å²) in [5.41, 5.74) is 7.35. The first-order valence-corrected chi connectivity index (χ1v) is 7.26. The van der Waals surface area contributed by atoms with E-state index in [4.69, 9.17) is 5.73 Å². The summed E-state index contributed by atoms with van der Waals surface area (Å²) in [6.45, 7) is 8.64. The van der Waals surface area contributed by atoms with Crippen LogP contribution in [0.15, 0.2) is 72.4 Å². The second kappa shape index (κ2) is 7.25. The summed E-state index contributed by atoms with van der Waals surface area (Å²) >= 11 is 0. The number of nitrogens with two attached hydrogens (primary N) is 1. The maximum Gasteiger partial charge on any atom is 0.0192 e. The Balaban J connectivity index is 3.22. The molecule has 1 nitrogen and oxygen atoms in total. The molecule has 0 saturated carbocycles. The van der Waals surface area contributed by atoms with E-state index in [2.05, 4.69) is 52.0 Å². The summed E-state index contributed by atoms with van der Waals surface area (Å²) in [4.78, 5) is 0. The van der Waals surface area contributed by atoms with Crippen molar-refractivity contribution in [2.24, 2.45) is 11.1 Å². The Labute approximate surface area is 124 Å². The van der Waals surface area contributed by atoms with Crippen molar-refractivity contribution < 1.29 is 0 Å². The van der Waals surface area contributed by atoms with E-state index in [9.17, 15) is 0 Å². The van der Waals surface area contributed by atoms with E-state index < -0.39 is 0 Å². The predicted molar refractivity (Wildman–Crippen MR) is 90.4 cm³/mol. The molecule has 0 saturated heterocycles. The zero-order valence-corrected chi connectivity index (χ0v) is 13.1. The third-order valence-electron chi connectivity index (χ3n) is 4.21. The summed E-state index contributed by atoms with van der Waals surface area (Å²) < 4.78 is 0. The Kier molecular flexibility index (Phi) is 5.97. The molecule has 20 heavy (non-hydrogen) atoms. The molecule has 0 aromatic rings.